The molecule has 3 aromatic rings. The molecule has 3 aromatic heterocycles. The van der Waals surface area contributed by atoms with E-state index in [2.05, 4.69) is 20.8 Å². The fourth-order valence-electron chi connectivity index (χ4n) is 2.25. The van der Waals surface area contributed by atoms with Gasteiger partial charge in [0.2, 0.25) is 0 Å². The van der Waals surface area contributed by atoms with E-state index in [0.717, 1.165) is 10.4 Å². The van der Waals surface area contributed by atoms with E-state index in [9.17, 15) is 9.59 Å². The standard InChI is InChI=1S/C18H18N4O3S/c1-12-5-8-19-13(10-12)17(23)20-6-3-7-21-18(24)14-11-15(25-22-14)16-4-2-9-26-16/h2,4-5,8-11H,3,6-7H2,1H3,(H,20,23)(H,21,24). The first-order valence-electron chi connectivity index (χ1n) is 8.13. The fraction of sp³-hybridized carbons (Fsp3) is 0.222. The largest absolute Gasteiger partial charge is 0.355 e. The van der Waals surface area contributed by atoms with E-state index in [0.29, 0.717) is 31.0 Å². The van der Waals surface area contributed by atoms with Gasteiger partial charge in [0.05, 0.1) is 4.88 Å². The Morgan fingerprint density at radius 1 is 1.12 bits per heavy atom. The lowest BCUT2D eigenvalue weighted by molar-refractivity contribution is 0.0944. The molecule has 7 nitrogen and oxygen atoms in total. The second-order valence-corrected chi connectivity index (χ2v) is 6.59. The van der Waals surface area contributed by atoms with Gasteiger partial charge in [0.15, 0.2) is 11.5 Å². The van der Waals surface area contributed by atoms with Crippen LogP contribution >= 0.6 is 11.3 Å². The van der Waals surface area contributed by atoms with Gasteiger partial charge in [-0.15, -0.1) is 11.3 Å². The second-order valence-electron chi connectivity index (χ2n) is 5.64. The average molecular weight is 370 g/mol. The van der Waals surface area contributed by atoms with Crippen LogP contribution in [0.2, 0.25) is 0 Å². The predicted octanol–water partition coefficient (Wildman–Crippen LogP) is 2.66. The number of hydrogen-bond donors (Lipinski definition) is 2. The third-order valence-corrected chi connectivity index (χ3v) is 4.46. The molecule has 26 heavy (non-hydrogen) atoms. The van der Waals surface area contributed by atoms with Crippen molar-refractivity contribution in [2.45, 2.75) is 13.3 Å². The predicted molar refractivity (Wildman–Crippen MR) is 98.1 cm³/mol. The van der Waals surface area contributed by atoms with Gasteiger partial charge in [-0.05, 0) is 42.5 Å². The minimum atomic E-state index is -0.303. The lowest BCUT2D eigenvalue weighted by Crippen LogP contribution is -2.30. The van der Waals surface area contributed by atoms with Crippen molar-refractivity contribution < 1.29 is 14.1 Å². The maximum absolute atomic E-state index is 12.1. The Kier molecular flexibility index (Phi) is 5.75. The van der Waals surface area contributed by atoms with Crippen LogP contribution in [0.4, 0.5) is 0 Å². The van der Waals surface area contributed by atoms with Crippen molar-refractivity contribution in [2.24, 2.45) is 0 Å². The van der Waals surface area contributed by atoms with Crippen molar-refractivity contribution in [3.05, 3.63) is 58.9 Å². The lowest BCUT2D eigenvalue weighted by atomic mass is 10.2. The van der Waals surface area contributed by atoms with Crippen molar-refractivity contribution in [1.29, 1.82) is 0 Å². The van der Waals surface area contributed by atoms with Gasteiger partial charge >= 0.3 is 0 Å². The van der Waals surface area contributed by atoms with Crippen LogP contribution in [0.3, 0.4) is 0 Å². The van der Waals surface area contributed by atoms with Crippen LogP contribution in [0.15, 0.2) is 46.4 Å². The number of nitrogens with zero attached hydrogens (tertiary/aromatic N) is 2. The van der Waals surface area contributed by atoms with E-state index >= 15 is 0 Å². The quantitative estimate of drug-likeness (QED) is 0.623. The molecule has 0 aliphatic carbocycles. The first-order valence-corrected chi connectivity index (χ1v) is 9.01. The Morgan fingerprint density at radius 3 is 2.58 bits per heavy atom. The number of aromatic nitrogens is 2. The molecule has 0 saturated carbocycles. The lowest BCUT2D eigenvalue weighted by Gasteiger charge is -2.06. The van der Waals surface area contributed by atoms with Crippen molar-refractivity contribution in [1.82, 2.24) is 20.8 Å². The zero-order chi connectivity index (χ0) is 18.4. The molecule has 0 atom stereocenters. The molecule has 0 unspecified atom stereocenters. The van der Waals surface area contributed by atoms with Gasteiger partial charge in [0, 0.05) is 25.4 Å². The monoisotopic (exact) mass is 370 g/mol. The van der Waals surface area contributed by atoms with Gasteiger partial charge in [0.1, 0.15) is 5.69 Å². The molecule has 0 aliphatic heterocycles. The number of amides is 2. The van der Waals surface area contributed by atoms with Crippen molar-refractivity contribution >= 4 is 23.2 Å². The summed E-state index contributed by atoms with van der Waals surface area (Å²) in [7, 11) is 0. The highest BCUT2D eigenvalue weighted by Crippen LogP contribution is 2.24. The second kappa shape index (κ2) is 8.39. The highest BCUT2D eigenvalue weighted by molar-refractivity contribution is 7.13. The number of pyridine rings is 1. The van der Waals surface area contributed by atoms with Gasteiger partial charge in [0.25, 0.3) is 11.8 Å². The Hall–Kier alpha value is -3.00. The molecule has 0 fully saturated rings. The van der Waals surface area contributed by atoms with Crippen molar-refractivity contribution in [3.8, 4) is 10.6 Å². The van der Waals surface area contributed by atoms with E-state index in [1.165, 1.54) is 11.3 Å². The minimum Gasteiger partial charge on any atom is -0.355 e. The van der Waals surface area contributed by atoms with Gasteiger partial charge in [-0.3, -0.25) is 14.6 Å². The van der Waals surface area contributed by atoms with E-state index < -0.39 is 0 Å². The first kappa shape index (κ1) is 17.8. The molecule has 2 amide bonds. The normalized spacial score (nSPS) is 10.5. The Morgan fingerprint density at radius 2 is 1.88 bits per heavy atom. The SMILES string of the molecule is Cc1ccnc(C(=O)NCCCNC(=O)c2cc(-c3cccs3)on2)c1. The number of aryl methyl sites for hydroxylation is 1. The van der Waals surface area contributed by atoms with E-state index in [4.69, 9.17) is 4.52 Å². The maximum Gasteiger partial charge on any atom is 0.273 e. The molecule has 3 heterocycles. The van der Waals surface area contributed by atoms with Crippen molar-refractivity contribution in [3.63, 3.8) is 0 Å². The summed E-state index contributed by atoms with van der Waals surface area (Å²) in [5.74, 6) is 0.0448. The van der Waals surface area contributed by atoms with E-state index in [1.807, 2.05) is 30.5 Å². The van der Waals surface area contributed by atoms with Crippen LogP contribution in [0.1, 0.15) is 33.0 Å². The van der Waals surface area contributed by atoms with Crippen LogP contribution in [0.5, 0.6) is 0 Å². The molecule has 0 saturated heterocycles. The molecule has 134 valence electrons. The van der Waals surface area contributed by atoms with Crippen LogP contribution in [0.25, 0.3) is 10.6 Å². The summed E-state index contributed by atoms with van der Waals surface area (Å²) in [6.45, 7) is 2.76. The summed E-state index contributed by atoms with van der Waals surface area (Å²) >= 11 is 1.52. The molecule has 0 aromatic carbocycles. The highest BCUT2D eigenvalue weighted by atomic mass is 32.1. The molecule has 8 heteroatoms. The molecule has 0 bridgehead atoms. The number of thiophene rings is 1. The third kappa shape index (κ3) is 4.54. The smallest absolute Gasteiger partial charge is 0.273 e. The van der Waals surface area contributed by atoms with Gasteiger partial charge in [-0.2, -0.15) is 0 Å². The number of nitrogens with one attached hydrogen (secondary N) is 2. The summed E-state index contributed by atoms with van der Waals surface area (Å²) in [6.07, 6.45) is 2.20. The topological polar surface area (TPSA) is 97.1 Å². The maximum atomic E-state index is 12.1. The van der Waals surface area contributed by atoms with E-state index in [-0.39, 0.29) is 17.5 Å². The van der Waals surface area contributed by atoms with Gasteiger partial charge < -0.3 is 15.2 Å². The number of hydrogen-bond acceptors (Lipinski definition) is 6. The zero-order valence-electron chi connectivity index (χ0n) is 14.2. The summed E-state index contributed by atoms with van der Waals surface area (Å²) in [5.41, 5.74) is 1.60. The molecule has 0 aliphatic rings. The molecule has 2 N–H and O–H groups in total. The summed E-state index contributed by atoms with van der Waals surface area (Å²) in [4.78, 5) is 29.0. The highest BCUT2D eigenvalue weighted by Gasteiger charge is 2.13. The van der Waals surface area contributed by atoms with Crippen molar-refractivity contribution in [2.75, 3.05) is 13.1 Å². The molecule has 0 spiro atoms. The summed E-state index contributed by atoms with van der Waals surface area (Å²) < 4.78 is 5.18. The summed E-state index contributed by atoms with van der Waals surface area (Å²) in [5, 5.41) is 11.2. The fourth-order valence-corrected chi connectivity index (χ4v) is 2.92. The van der Waals surface area contributed by atoms with E-state index in [1.54, 1.807) is 18.3 Å². The molecule has 0 radical (unpaired) electrons. The first-order chi connectivity index (χ1) is 12.6. The zero-order valence-corrected chi connectivity index (χ0v) is 15.0. The third-order valence-electron chi connectivity index (χ3n) is 3.58. The number of rotatable bonds is 7. The number of carbonyl (C=O) groups excluding carboxylic acids is 2. The molecule has 3 rings (SSSR count). The average Bonchev–Trinajstić information content (AvgIpc) is 3.32. The van der Waals surface area contributed by atoms with Crippen LogP contribution in [-0.4, -0.2) is 35.0 Å². The minimum absolute atomic E-state index is 0.225. The molecular weight excluding hydrogens is 352 g/mol. The van der Waals surface area contributed by atoms with Crippen LogP contribution in [-0.2, 0) is 0 Å². The molecular formula is C18H18N4O3S. The van der Waals surface area contributed by atoms with Crippen LogP contribution in [0, 0.1) is 6.92 Å². The van der Waals surface area contributed by atoms with Gasteiger partial charge in [-0.1, -0.05) is 11.2 Å². The van der Waals surface area contributed by atoms with Crippen LogP contribution < -0.4 is 10.6 Å². The number of carbonyl (C=O) groups is 2. The Balaban J connectivity index is 1.40. The Labute approximate surface area is 154 Å². The van der Waals surface area contributed by atoms with Gasteiger partial charge in [-0.25, -0.2) is 0 Å². The Bertz CT molecular complexity index is 889. The summed E-state index contributed by atoms with van der Waals surface area (Å²) in [6, 6.07) is 8.99.